The van der Waals surface area contributed by atoms with Crippen LogP contribution in [-0.2, 0) is 13.0 Å². The lowest BCUT2D eigenvalue weighted by atomic mass is 10.0. The summed E-state index contributed by atoms with van der Waals surface area (Å²) in [6.07, 6.45) is 3.94. The molecule has 9 nitrogen and oxygen atoms in total. The molecule has 2 bridgehead atoms. The van der Waals surface area contributed by atoms with Crippen molar-refractivity contribution in [1.82, 2.24) is 19.8 Å². The quantitative estimate of drug-likeness (QED) is 0.511. The summed E-state index contributed by atoms with van der Waals surface area (Å²) in [5.41, 5.74) is 3.02. The average molecular weight is 547 g/mol. The Labute approximate surface area is 233 Å². The highest BCUT2D eigenvalue weighted by molar-refractivity contribution is 5.94. The van der Waals surface area contributed by atoms with Gasteiger partial charge in [-0.15, -0.1) is 0 Å². The minimum absolute atomic E-state index is 0.0240. The van der Waals surface area contributed by atoms with Crippen LogP contribution < -0.4 is 14.5 Å². The van der Waals surface area contributed by atoms with Gasteiger partial charge in [0.05, 0.1) is 24.3 Å². The molecule has 3 saturated heterocycles. The number of hydrogen-bond donors (Lipinski definition) is 1. The number of likely N-dealkylation sites (tertiary alicyclic amines) is 1. The number of likely N-dealkylation sites (N-methyl/N-ethyl adjacent to an activating group) is 1. The van der Waals surface area contributed by atoms with E-state index in [4.69, 9.17) is 14.7 Å². The van der Waals surface area contributed by atoms with Gasteiger partial charge in [0.1, 0.15) is 18.2 Å². The van der Waals surface area contributed by atoms with E-state index in [0.29, 0.717) is 43.7 Å². The number of halogens is 1. The van der Waals surface area contributed by atoms with Gasteiger partial charge in [-0.1, -0.05) is 24.3 Å². The molecular formula is C30H35FN6O3. The van der Waals surface area contributed by atoms with Crippen LogP contribution in [0.25, 0.3) is 10.8 Å². The molecule has 3 fully saturated rings. The minimum Gasteiger partial charge on any atom is -0.465 e. The summed E-state index contributed by atoms with van der Waals surface area (Å²) >= 11 is 0. The van der Waals surface area contributed by atoms with Gasteiger partial charge in [0.2, 0.25) is 0 Å². The summed E-state index contributed by atoms with van der Waals surface area (Å²) in [6.45, 7) is 4.20. The van der Waals surface area contributed by atoms with E-state index in [1.807, 2.05) is 24.3 Å². The highest BCUT2D eigenvalue weighted by Gasteiger charge is 2.44. The standard InChI is InChI=1S/C30H35FN6O3/c1-34-13-4-5-21(34)18-40-29-32-26-17-35(27-9-3-6-22-23(27)7-2-8-25(22)31)14-12-24(26)28(33-29)36-15-19-10-11-20(16-36)37(19)30(38)39/h2-3,6-9,19-21H,4-5,10-18H2,1H3,(H,38,39)/t19-,20+,21?. The lowest BCUT2D eigenvalue weighted by Crippen LogP contribution is -2.56. The molecule has 1 amide bonds. The summed E-state index contributed by atoms with van der Waals surface area (Å²) in [4.78, 5) is 30.3. The van der Waals surface area contributed by atoms with Crippen LogP contribution >= 0.6 is 0 Å². The van der Waals surface area contributed by atoms with Crippen molar-refractivity contribution in [2.24, 2.45) is 0 Å². The molecule has 4 aliphatic rings. The van der Waals surface area contributed by atoms with Gasteiger partial charge in [0.15, 0.2) is 0 Å². The molecule has 3 atom stereocenters. The second kappa shape index (κ2) is 10.1. The molecule has 4 aliphatic heterocycles. The molecule has 0 aliphatic carbocycles. The number of hydrogen-bond acceptors (Lipinski definition) is 7. The van der Waals surface area contributed by atoms with Gasteiger partial charge in [-0.05, 0) is 57.8 Å². The fraction of sp³-hybridized carbons (Fsp3) is 0.500. The smallest absolute Gasteiger partial charge is 0.407 e. The molecule has 40 heavy (non-hydrogen) atoms. The van der Waals surface area contributed by atoms with Crippen molar-refractivity contribution >= 4 is 28.4 Å². The van der Waals surface area contributed by atoms with Crippen LogP contribution in [0, 0.1) is 5.82 Å². The molecule has 1 aromatic heterocycles. The number of carbonyl (C=O) groups is 1. The first-order valence-corrected chi connectivity index (χ1v) is 14.4. The number of ether oxygens (including phenoxy) is 1. The second-order valence-electron chi connectivity index (χ2n) is 11.6. The number of rotatable bonds is 5. The molecule has 10 heteroatoms. The second-order valence-corrected chi connectivity index (χ2v) is 11.6. The van der Waals surface area contributed by atoms with Gasteiger partial charge < -0.3 is 24.5 Å². The van der Waals surface area contributed by atoms with E-state index in [0.717, 1.165) is 73.3 Å². The number of nitrogens with zero attached hydrogens (tertiary/aromatic N) is 6. The van der Waals surface area contributed by atoms with Gasteiger partial charge in [0.25, 0.3) is 0 Å². The first-order chi connectivity index (χ1) is 19.5. The van der Waals surface area contributed by atoms with Crippen molar-refractivity contribution in [1.29, 1.82) is 0 Å². The lowest BCUT2D eigenvalue weighted by molar-refractivity contribution is 0.114. The fourth-order valence-electron chi connectivity index (χ4n) is 7.20. The van der Waals surface area contributed by atoms with Gasteiger partial charge in [-0.3, -0.25) is 4.90 Å². The maximum absolute atomic E-state index is 14.6. The van der Waals surface area contributed by atoms with Crippen LogP contribution in [0.1, 0.15) is 36.9 Å². The van der Waals surface area contributed by atoms with Crippen LogP contribution in [0.5, 0.6) is 6.01 Å². The molecule has 0 radical (unpaired) electrons. The first-order valence-electron chi connectivity index (χ1n) is 14.4. The topological polar surface area (TPSA) is 85.3 Å². The zero-order valence-corrected chi connectivity index (χ0v) is 22.8. The Morgan fingerprint density at radius 1 is 1.02 bits per heavy atom. The Balaban J connectivity index is 1.22. The van der Waals surface area contributed by atoms with E-state index in [9.17, 15) is 14.3 Å². The summed E-state index contributed by atoms with van der Waals surface area (Å²) in [5.74, 6) is 0.661. The molecule has 2 aromatic carbocycles. The predicted molar refractivity (Wildman–Crippen MR) is 151 cm³/mol. The summed E-state index contributed by atoms with van der Waals surface area (Å²) < 4.78 is 20.8. The Kier molecular flexibility index (Phi) is 6.37. The Morgan fingerprint density at radius 3 is 2.55 bits per heavy atom. The fourth-order valence-corrected chi connectivity index (χ4v) is 7.20. The van der Waals surface area contributed by atoms with Crippen molar-refractivity contribution in [2.45, 2.75) is 56.8 Å². The zero-order valence-electron chi connectivity index (χ0n) is 22.8. The number of aromatic nitrogens is 2. The maximum Gasteiger partial charge on any atom is 0.407 e. The number of anilines is 2. The van der Waals surface area contributed by atoms with Crippen LogP contribution in [0.2, 0.25) is 0 Å². The Bertz CT molecular complexity index is 1440. The highest BCUT2D eigenvalue weighted by atomic mass is 19.1. The van der Waals surface area contributed by atoms with Crippen LogP contribution in [0.3, 0.4) is 0 Å². The number of amides is 1. The Morgan fingerprint density at radius 2 is 1.80 bits per heavy atom. The van der Waals surface area contributed by atoms with Crippen molar-refractivity contribution in [3.8, 4) is 6.01 Å². The zero-order chi connectivity index (χ0) is 27.4. The molecule has 0 spiro atoms. The van der Waals surface area contributed by atoms with E-state index < -0.39 is 6.09 Å². The minimum atomic E-state index is -0.830. The molecule has 5 heterocycles. The molecule has 1 N–H and O–H groups in total. The van der Waals surface area contributed by atoms with Gasteiger partial charge in [0, 0.05) is 47.7 Å². The maximum atomic E-state index is 14.6. The normalized spacial score (nSPS) is 24.6. The molecule has 210 valence electrons. The van der Waals surface area contributed by atoms with Crippen LogP contribution in [0.4, 0.5) is 20.7 Å². The largest absolute Gasteiger partial charge is 0.465 e. The number of piperazine rings is 1. The van der Waals surface area contributed by atoms with Crippen molar-refractivity contribution in [3.05, 3.63) is 53.5 Å². The van der Waals surface area contributed by atoms with Crippen LogP contribution in [0.15, 0.2) is 36.4 Å². The van der Waals surface area contributed by atoms with Gasteiger partial charge in [-0.25, -0.2) is 9.18 Å². The first kappa shape index (κ1) is 25.3. The number of carboxylic acid groups (broad SMARTS) is 1. The van der Waals surface area contributed by atoms with Gasteiger partial charge in [-0.2, -0.15) is 9.97 Å². The van der Waals surface area contributed by atoms with Crippen LogP contribution in [-0.4, -0.2) is 88.9 Å². The van der Waals surface area contributed by atoms with Gasteiger partial charge >= 0.3 is 12.1 Å². The lowest BCUT2D eigenvalue weighted by Gasteiger charge is -2.41. The SMILES string of the molecule is CN1CCCC1COc1nc2c(c(N3C[C@H]4CC[C@@H](C3)N4C(=O)O)n1)CCN(c1cccc3c(F)cccc13)C2. The molecular weight excluding hydrogens is 511 g/mol. The molecule has 3 aromatic rings. The van der Waals surface area contributed by atoms with E-state index in [1.54, 1.807) is 11.0 Å². The van der Waals surface area contributed by atoms with E-state index >= 15 is 0 Å². The monoisotopic (exact) mass is 546 g/mol. The average Bonchev–Trinajstić information content (AvgIpc) is 3.49. The third-order valence-electron chi connectivity index (χ3n) is 9.29. The van der Waals surface area contributed by atoms with E-state index in [2.05, 4.69) is 21.7 Å². The summed E-state index contributed by atoms with van der Waals surface area (Å²) in [5, 5.41) is 11.3. The van der Waals surface area contributed by atoms with E-state index in [1.165, 1.54) is 6.07 Å². The predicted octanol–water partition coefficient (Wildman–Crippen LogP) is 4.14. The number of benzene rings is 2. The van der Waals surface area contributed by atoms with Crippen molar-refractivity contribution in [3.63, 3.8) is 0 Å². The van der Waals surface area contributed by atoms with Crippen molar-refractivity contribution < 1.29 is 19.0 Å². The van der Waals surface area contributed by atoms with E-state index in [-0.39, 0.29) is 17.9 Å². The summed E-state index contributed by atoms with van der Waals surface area (Å²) in [6, 6.07) is 11.7. The summed E-state index contributed by atoms with van der Waals surface area (Å²) in [7, 11) is 2.13. The van der Waals surface area contributed by atoms with Crippen molar-refractivity contribution in [2.75, 3.05) is 49.6 Å². The Hall–Kier alpha value is -3.66. The molecule has 7 rings (SSSR count). The number of fused-ring (bicyclic) bond motifs is 4. The molecule has 1 unspecified atom stereocenters. The third kappa shape index (κ3) is 4.38. The third-order valence-corrected chi connectivity index (χ3v) is 9.29. The molecule has 0 saturated carbocycles. The highest BCUT2D eigenvalue weighted by Crippen LogP contribution is 2.38.